The summed E-state index contributed by atoms with van der Waals surface area (Å²) in [6, 6.07) is 7.17. The molecule has 5 N–H and O–H groups in total. The van der Waals surface area contributed by atoms with E-state index in [4.69, 9.17) is 16.0 Å². The third-order valence-corrected chi connectivity index (χ3v) is 3.00. The molecule has 1 rings (SSSR count). The monoisotopic (exact) mass is 274 g/mol. The second-order valence-electron chi connectivity index (χ2n) is 3.97. The van der Waals surface area contributed by atoms with Gasteiger partial charge in [-0.1, -0.05) is 32.0 Å². The highest BCUT2D eigenvalue weighted by Gasteiger charge is 2.14. The van der Waals surface area contributed by atoms with Crippen LogP contribution in [0.25, 0.3) is 0 Å². The zero-order chi connectivity index (χ0) is 14.3. The molecule has 0 saturated heterocycles. The smallest absolute Gasteiger partial charge is 0.320 e. The van der Waals surface area contributed by atoms with E-state index < -0.39 is 22.0 Å². The van der Waals surface area contributed by atoms with Crippen molar-refractivity contribution in [2.75, 3.05) is 0 Å². The first kappa shape index (κ1) is 16.6. The summed E-state index contributed by atoms with van der Waals surface area (Å²) in [5.41, 5.74) is 5.16. The van der Waals surface area contributed by atoms with Crippen molar-refractivity contribution >= 4 is 16.0 Å². The van der Waals surface area contributed by atoms with Crippen molar-refractivity contribution in [3.63, 3.8) is 0 Å². The van der Waals surface area contributed by atoms with Crippen LogP contribution in [0.4, 0.5) is 0 Å². The van der Waals surface area contributed by atoms with Crippen molar-refractivity contribution in [3.8, 4) is 0 Å². The van der Waals surface area contributed by atoms with Crippen LogP contribution in [0.5, 0.6) is 0 Å². The number of sulfonamides is 1. The molecule has 0 saturated carbocycles. The third-order valence-electron chi connectivity index (χ3n) is 2.08. The Balaban J connectivity index is 0.000000331. The minimum atomic E-state index is -3.50. The van der Waals surface area contributed by atoms with E-state index in [1.165, 1.54) is 12.1 Å². The highest BCUT2D eigenvalue weighted by Crippen LogP contribution is 2.03. The van der Waals surface area contributed by atoms with Crippen LogP contribution in [-0.4, -0.2) is 25.5 Å². The minimum absolute atomic E-state index is 0.0208. The molecule has 0 amide bonds. The van der Waals surface area contributed by atoms with Gasteiger partial charge in [0.2, 0.25) is 10.0 Å². The molecule has 0 spiro atoms. The van der Waals surface area contributed by atoms with Crippen LogP contribution in [0.1, 0.15) is 13.8 Å². The standard InChI is InChI=1S/C6H7NO2S.C5H11NO2/c7-10(8,9)6-4-2-1-3-5-6;1-3(2)4(6)5(7)8/h1-5H,(H2,7,8,9);3-4H,6H2,1-2H3,(H,7,8)/t;4-/m.0/s1. The first-order valence-corrected chi connectivity index (χ1v) is 6.77. The lowest BCUT2D eigenvalue weighted by molar-refractivity contribution is -0.139. The molecule has 1 atom stereocenters. The number of nitrogens with two attached hydrogens (primary N) is 2. The zero-order valence-corrected chi connectivity index (χ0v) is 11.1. The second kappa shape index (κ2) is 7.10. The molecule has 102 valence electrons. The summed E-state index contributed by atoms with van der Waals surface area (Å²) >= 11 is 0. The Kier molecular flexibility index (Phi) is 6.53. The molecule has 0 heterocycles. The molecule has 0 aliphatic rings. The lowest BCUT2D eigenvalue weighted by Gasteiger charge is -2.07. The molecule has 0 unspecified atom stereocenters. The summed E-state index contributed by atoms with van der Waals surface area (Å²) in [6.45, 7) is 3.55. The predicted molar refractivity (Wildman–Crippen MR) is 68.3 cm³/mol. The van der Waals surface area contributed by atoms with Crippen LogP contribution in [-0.2, 0) is 14.8 Å². The first-order chi connectivity index (χ1) is 8.16. The molecular weight excluding hydrogens is 256 g/mol. The fraction of sp³-hybridized carbons (Fsp3) is 0.364. The third kappa shape index (κ3) is 6.33. The van der Waals surface area contributed by atoms with Gasteiger partial charge in [-0.3, -0.25) is 4.79 Å². The van der Waals surface area contributed by atoms with Gasteiger partial charge in [0.25, 0.3) is 0 Å². The van der Waals surface area contributed by atoms with Crippen molar-refractivity contribution < 1.29 is 18.3 Å². The molecule has 0 bridgehead atoms. The van der Waals surface area contributed by atoms with E-state index >= 15 is 0 Å². The van der Waals surface area contributed by atoms with Gasteiger partial charge in [0, 0.05) is 0 Å². The van der Waals surface area contributed by atoms with Crippen LogP contribution in [0.15, 0.2) is 35.2 Å². The van der Waals surface area contributed by atoms with E-state index in [0.29, 0.717) is 0 Å². The van der Waals surface area contributed by atoms with Crippen LogP contribution in [0, 0.1) is 5.92 Å². The molecule has 1 aromatic rings. The van der Waals surface area contributed by atoms with Crippen LogP contribution in [0.3, 0.4) is 0 Å². The summed E-state index contributed by atoms with van der Waals surface area (Å²) in [6.07, 6.45) is 0. The van der Waals surface area contributed by atoms with E-state index in [0.717, 1.165) is 0 Å². The van der Waals surface area contributed by atoms with Gasteiger partial charge in [-0.2, -0.15) is 0 Å². The van der Waals surface area contributed by atoms with E-state index in [1.54, 1.807) is 32.0 Å². The topological polar surface area (TPSA) is 123 Å². The molecule has 0 aliphatic carbocycles. The second-order valence-corrected chi connectivity index (χ2v) is 5.53. The maximum absolute atomic E-state index is 10.6. The number of benzene rings is 1. The highest BCUT2D eigenvalue weighted by atomic mass is 32.2. The minimum Gasteiger partial charge on any atom is -0.480 e. The number of primary sulfonamides is 1. The molecule has 1 aromatic carbocycles. The van der Waals surface area contributed by atoms with E-state index in [1.807, 2.05) is 0 Å². The van der Waals surface area contributed by atoms with Gasteiger partial charge in [-0.15, -0.1) is 0 Å². The van der Waals surface area contributed by atoms with Crippen LogP contribution in [0.2, 0.25) is 0 Å². The SMILES string of the molecule is CC(C)[C@H](N)C(=O)O.NS(=O)(=O)c1ccccc1. The molecule has 0 radical (unpaired) electrons. The Bertz CT molecular complexity index is 471. The van der Waals surface area contributed by atoms with Gasteiger partial charge in [0.05, 0.1) is 4.90 Å². The number of rotatable bonds is 3. The van der Waals surface area contributed by atoms with Crippen molar-refractivity contribution in [2.45, 2.75) is 24.8 Å². The lowest BCUT2D eigenvalue weighted by Crippen LogP contribution is -2.34. The molecule has 0 aliphatic heterocycles. The fourth-order valence-corrected chi connectivity index (χ4v) is 1.43. The van der Waals surface area contributed by atoms with Gasteiger partial charge in [0.15, 0.2) is 0 Å². The van der Waals surface area contributed by atoms with Crippen molar-refractivity contribution in [1.82, 2.24) is 0 Å². The Hall–Kier alpha value is -1.44. The Morgan fingerprint density at radius 3 is 1.83 bits per heavy atom. The molecule has 6 nitrogen and oxygen atoms in total. The maximum atomic E-state index is 10.6. The van der Waals surface area contributed by atoms with Gasteiger partial charge < -0.3 is 10.8 Å². The van der Waals surface area contributed by atoms with Gasteiger partial charge in [-0.05, 0) is 18.1 Å². The average Bonchev–Trinajstić information content (AvgIpc) is 2.28. The van der Waals surface area contributed by atoms with Crippen LogP contribution >= 0.6 is 0 Å². The van der Waals surface area contributed by atoms with Crippen LogP contribution < -0.4 is 10.9 Å². The van der Waals surface area contributed by atoms with Crippen molar-refractivity contribution in [2.24, 2.45) is 16.8 Å². The number of carbonyl (C=O) groups is 1. The summed E-state index contributed by atoms with van der Waals surface area (Å²) in [7, 11) is -3.50. The van der Waals surface area contributed by atoms with Crippen molar-refractivity contribution in [1.29, 1.82) is 0 Å². The van der Waals surface area contributed by atoms with E-state index in [2.05, 4.69) is 0 Å². The molecule has 7 heteroatoms. The lowest BCUT2D eigenvalue weighted by atomic mass is 10.1. The quantitative estimate of drug-likeness (QED) is 0.735. The van der Waals surface area contributed by atoms with E-state index in [-0.39, 0.29) is 10.8 Å². The summed E-state index contributed by atoms with van der Waals surface area (Å²) < 4.78 is 21.2. The fourth-order valence-electron chi connectivity index (χ4n) is 0.895. The number of hydrogen-bond donors (Lipinski definition) is 3. The average molecular weight is 274 g/mol. The molecule has 0 fully saturated rings. The van der Waals surface area contributed by atoms with Gasteiger partial charge in [0.1, 0.15) is 6.04 Å². The van der Waals surface area contributed by atoms with E-state index in [9.17, 15) is 13.2 Å². The largest absolute Gasteiger partial charge is 0.480 e. The number of aliphatic carboxylic acids is 1. The van der Waals surface area contributed by atoms with Gasteiger partial charge in [-0.25, -0.2) is 13.6 Å². The number of carboxylic acid groups (broad SMARTS) is 1. The van der Waals surface area contributed by atoms with Crippen molar-refractivity contribution in [3.05, 3.63) is 30.3 Å². The number of carboxylic acids is 1. The summed E-state index contributed by atoms with van der Waals surface area (Å²) in [4.78, 5) is 10.2. The summed E-state index contributed by atoms with van der Waals surface area (Å²) in [5, 5.41) is 13.1. The highest BCUT2D eigenvalue weighted by molar-refractivity contribution is 7.89. The van der Waals surface area contributed by atoms with Gasteiger partial charge >= 0.3 is 5.97 Å². The summed E-state index contributed by atoms with van der Waals surface area (Å²) in [5.74, 6) is -0.910. The normalized spacial score (nSPS) is 12.5. The maximum Gasteiger partial charge on any atom is 0.320 e. The Morgan fingerprint density at radius 1 is 1.22 bits per heavy atom. The molecular formula is C11H18N2O4S. The Morgan fingerprint density at radius 2 is 1.67 bits per heavy atom. The zero-order valence-electron chi connectivity index (χ0n) is 10.3. The Labute approximate surface area is 107 Å². The predicted octanol–water partition coefficient (Wildman–Crippen LogP) is 0.388. The first-order valence-electron chi connectivity index (χ1n) is 5.22. The molecule has 18 heavy (non-hydrogen) atoms. The number of hydrogen-bond acceptors (Lipinski definition) is 4. The molecule has 0 aromatic heterocycles.